The molecule has 1 aliphatic carbocycles. The van der Waals surface area contributed by atoms with Crippen molar-refractivity contribution in [1.82, 2.24) is 15.6 Å². The second-order valence-electron chi connectivity index (χ2n) is 10.5. The molecule has 4 rings (SSSR count). The summed E-state index contributed by atoms with van der Waals surface area (Å²) >= 11 is 1.41. The van der Waals surface area contributed by atoms with E-state index in [1.54, 1.807) is 5.38 Å². The van der Waals surface area contributed by atoms with Crippen LogP contribution in [0.2, 0.25) is 0 Å². The highest BCUT2D eigenvalue weighted by Gasteiger charge is 2.29. The van der Waals surface area contributed by atoms with Crippen molar-refractivity contribution >= 4 is 23.2 Å². The van der Waals surface area contributed by atoms with Gasteiger partial charge in [-0.25, -0.2) is 4.98 Å². The van der Waals surface area contributed by atoms with Gasteiger partial charge < -0.3 is 15.4 Å². The lowest BCUT2D eigenvalue weighted by atomic mass is 9.86. The number of thiazole rings is 1. The molecule has 3 aromatic rings. The van der Waals surface area contributed by atoms with Crippen LogP contribution in [0, 0.1) is 6.92 Å². The van der Waals surface area contributed by atoms with Crippen LogP contribution in [0.25, 0.3) is 0 Å². The molecule has 2 unspecified atom stereocenters. The molecule has 0 spiro atoms. The van der Waals surface area contributed by atoms with E-state index in [0.29, 0.717) is 17.9 Å². The van der Waals surface area contributed by atoms with Crippen LogP contribution in [0.4, 0.5) is 0 Å². The van der Waals surface area contributed by atoms with Gasteiger partial charge in [-0.05, 0) is 55.0 Å². The number of hydrogen-bond acceptors (Lipinski definition) is 5. The van der Waals surface area contributed by atoms with Crippen molar-refractivity contribution < 1.29 is 14.3 Å². The van der Waals surface area contributed by atoms with Gasteiger partial charge in [0.25, 0.3) is 11.8 Å². The number of hydrogen-bond donors (Lipinski definition) is 2. The maximum atomic E-state index is 13.0. The first-order valence-electron chi connectivity index (χ1n) is 12.6. The first-order chi connectivity index (χ1) is 17.2. The van der Waals surface area contributed by atoms with Crippen LogP contribution in [-0.4, -0.2) is 28.9 Å². The van der Waals surface area contributed by atoms with E-state index in [1.165, 1.54) is 22.5 Å². The SMILES string of the molecule is Cc1ccc(OCc2nc(C(=O)NC3CCCCC3NC(=O)c3ccc(C(C)(C)C)cc3)cs2)cc1. The van der Waals surface area contributed by atoms with E-state index in [2.05, 4.69) is 36.4 Å². The summed E-state index contributed by atoms with van der Waals surface area (Å²) in [6.45, 7) is 8.80. The van der Waals surface area contributed by atoms with Crippen molar-refractivity contribution in [3.05, 3.63) is 81.3 Å². The lowest BCUT2D eigenvalue weighted by Gasteiger charge is -2.32. The quantitative estimate of drug-likeness (QED) is 0.425. The first-order valence-corrected chi connectivity index (χ1v) is 13.4. The van der Waals surface area contributed by atoms with Gasteiger partial charge >= 0.3 is 0 Å². The molecule has 7 heteroatoms. The van der Waals surface area contributed by atoms with Crippen LogP contribution >= 0.6 is 11.3 Å². The summed E-state index contributed by atoms with van der Waals surface area (Å²) in [6, 6.07) is 15.4. The second-order valence-corrected chi connectivity index (χ2v) is 11.4. The van der Waals surface area contributed by atoms with Crippen molar-refractivity contribution in [2.24, 2.45) is 0 Å². The minimum atomic E-state index is -0.214. The zero-order valence-electron chi connectivity index (χ0n) is 21.5. The Morgan fingerprint density at radius 2 is 1.56 bits per heavy atom. The molecule has 1 aliphatic rings. The van der Waals surface area contributed by atoms with Crippen LogP contribution in [-0.2, 0) is 12.0 Å². The highest BCUT2D eigenvalue weighted by molar-refractivity contribution is 7.09. The standard InChI is InChI=1S/C29H35N3O3S/c1-19-9-15-22(16-10-19)35-17-26-30-25(18-36-26)28(34)32-24-8-6-5-7-23(24)31-27(33)20-11-13-21(14-12-20)29(2,3)4/h9-16,18,23-24H,5-8,17H2,1-4H3,(H,31,33)(H,32,34). The number of nitrogens with zero attached hydrogens (tertiary/aromatic N) is 1. The topological polar surface area (TPSA) is 80.3 Å². The molecular formula is C29H35N3O3S. The Bertz CT molecular complexity index is 1180. The van der Waals surface area contributed by atoms with E-state index < -0.39 is 0 Å². The number of benzene rings is 2. The number of aryl methyl sites for hydroxylation is 1. The predicted molar refractivity (Wildman–Crippen MR) is 144 cm³/mol. The zero-order valence-corrected chi connectivity index (χ0v) is 22.3. The lowest BCUT2D eigenvalue weighted by molar-refractivity contribution is 0.0860. The number of amides is 2. The molecule has 0 aliphatic heterocycles. The summed E-state index contributed by atoms with van der Waals surface area (Å²) in [5.74, 6) is 0.454. The van der Waals surface area contributed by atoms with Crippen molar-refractivity contribution in [1.29, 1.82) is 0 Å². The van der Waals surface area contributed by atoms with Gasteiger partial charge in [0.2, 0.25) is 0 Å². The largest absolute Gasteiger partial charge is 0.486 e. The van der Waals surface area contributed by atoms with Gasteiger partial charge in [-0.2, -0.15) is 0 Å². The smallest absolute Gasteiger partial charge is 0.271 e. The van der Waals surface area contributed by atoms with Gasteiger partial charge in [-0.3, -0.25) is 9.59 Å². The summed E-state index contributed by atoms with van der Waals surface area (Å²) in [5.41, 5.74) is 3.42. The molecule has 0 bridgehead atoms. The number of carbonyl (C=O) groups is 2. The van der Waals surface area contributed by atoms with Gasteiger partial charge in [0.05, 0.1) is 0 Å². The molecule has 1 aromatic heterocycles. The minimum absolute atomic E-state index is 0.0378. The van der Waals surface area contributed by atoms with Crippen molar-refractivity contribution in [3.8, 4) is 5.75 Å². The third kappa shape index (κ3) is 6.72. The molecule has 2 amide bonds. The molecule has 36 heavy (non-hydrogen) atoms. The Labute approximate surface area is 217 Å². The number of aromatic nitrogens is 1. The molecule has 2 aromatic carbocycles. The molecule has 2 atom stereocenters. The highest BCUT2D eigenvalue weighted by Crippen LogP contribution is 2.23. The van der Waals surface area contributed by atoms with Crippen LogP contribution in [0.15, 0.2) is 53.9 Å². The Morgan fingerprint density at radius 1 is 0.944 bits per heavy atom. The monoisotopic (exact) mass is 505 g/mol. The average molecular weight is 506 g/mol. The number of ether oxygens (including phenoxy) is 1. The van der Waals surface area contributed by atoms with E-state index in [0.717, 1.165) is 36.4 Å². The fourth-order valence-electron chi connectivity index (χ4n) is 4.35. The third-order valence-corrected chi connectivity index (χ3v) is 7.40. The van der Waals surface area contributed by atoms with Crippen LogP contribution in [0.3, 0.4) is 0 Å². The van der Waals surface area contributed by atoms with Gasteiger partial charge in [-0.15, -0.1) is 11.3 Å². The number of carbonyl (C=O) groups excluding carboxylic acids is 2. The third-order valence-electron chi connectivity index (χ3n) is 6.58. The summed E-state index contributed by atoms with van der Waals surface area (Å²) in [4.78, 5) is 30.4. The van der Waals surface area contributed by atoms with Crippen molar-refractivity contribution in [2.45, 2.75) is 77.5 Å². The normalized spacial score (nSPS) is 17.9. The van der Waals surface area contributed by atoms with Gasteiger partial charge in [0.15, 0.2) is 0 Å². The van der Waals surface area contributed by atoms with Crippen LogP contribution in [0.1, 0.15) is 83.4 Å². The maximum Gasteiger partial charge on any atom is 0.271 e. The lowest BCUT2D eigenvalue weighted by Crippen LogP contribution is -2.53. The fourth-order valence-corrected chi connectivity index (χ4v) is 5.04. The van der Waals surface area contributed by atoms with Gasteiger partial charge in [0.1, 0.15) is 23.1 Å². The average Bonchev–Trinajstić information content (AvgIpc) is 3.34. The van der Waals surface area contributed by atoms with Crippen LogP contribution in [0.5, 0.6) is 5.75 Å². The first kappa shape index (κ1) is 25.9. The highest BCUT2D eigenvalue weighted by atomic mass is 32.1. The molecule has 6 nitrogen and oxygen atoms in total. The minimum Gasteiger partial charge on any atom is -0.486 e. The van der Waals surface area contributed by atoms with E-state index in [1.807, 2.05) is 55.5 Å². The molecule has 1 fully saturated rings. The number of nitrogens with one attached hydrogen (secondary N) is 2. The molecule has 1 saturated carbocycles. The predicted octanol–water partition coefficient (Wildman–Crippen LogP) is 5.80. The van der Waals surface area contributed by atoms with E-state index in [-0.39, 0.29) is 29.3 Å². The number of rotatable bonds is 7. The fraction of sp³-hybridized carbons (Fsp3) is 0.414. The Kier molecular flexibility index (Phi) is 8.09. The maximum absolute atomic E-state index is 13.0. The van der Waals surface area contributed by atoms with E-state index in [4.69, 9.17) is 4.74 Å². The van der Waals surface area contributed by atoms with Crippen molar-refractivity contribution in [2.75, 3.05) is 0 Å². The van der Waals surface area contributed by atoms with E-state index >= 15 is 0 Å². The molecule has 0 radical (unpaired) electrons. The molecule has 2 N–H and O–H groups in total. The summed E-state index contributed by atoms with van der Waals surface area (Å²) in [5, 5.41) is 8.77. The zero-order chi connectivity index (χ0) is 25.7. The summed E-state index contributed by atoms with van der Waals surface area (Å²) in [6.07, 6.45) is 3.71. The van der Waals surface area contributed by atoms with Crippen LogP contribution < -0.4 is 15.4 Å². The Balaban J connectivity index is 1.33. The van der Waals surface area contributed by atoms with Gasteiger partial charge in [-0.1, -0.05) is 63.4 Å². The van der Waals surface area contributed by atoms with Gasteiger partial charge in [0, 0.05) is 23.0 Å². The second kappa shape index (κ2) is 11.2. The molecule has 1 heterocycles. The van der Waals surface area contributed by atoms with Crippen molar-refractivity contribution in [3.63, 3.8) is 0 Å². The molecule has 0 saturated heterocycles. The summed E-state index contributed by atoms with van der Waals surface area (Å²) < 4.78 is 5.79. The molecule has 190 valence electrons. The summed E-state index contributed by atoms with van der Waals surface area (Å²) in [7, 11) is 0. The van der Waals surface area contributed by atoms with E-state index in [9.17, 15) is 9.59 Å². The molecular weight excluding hydrogens is 470 g/mol. The Hall–Kier alpha value is -3.19. The Morgan fingerprint density at radius 3 is 2.17 bits per heavy atom.